The van der Waals surface area contributed by atoms with Gasteiger partial charge in [0.25, 0.3) is 0 Å². The lowest BCUT2D eigenvalue weighted by molar-refractivity contribution is -0.129. The first-order valence-corrected chi connectivity index (χ1v) is 9.34. The van der Waals surface area contributed by atoms with E-state index in [-0.39, 0.29) is 24.7 Å². The van der Waals surface area contributed by atoms with Gasteiger partial charge in [-0.1, -0.05) is 0 Å². The zero-order valence-corrected chi connectivity index (χ0v) is 16.7. The number of aryl methyl sites for hydroxylation is 1. The van der Waals surface area contributed by atoms with E-state index in [1.54, 1.807) is 24.3 Å². The quantitative estimate of drug-likeness (QED) is 0.305. The van der Waals surface area contributed by atoms with Crippen molar-refractivity contribution in [2.24, 2.45) is 0 Å². The van der Waals surface area contributed by atoms with Crippen LogP contribution in [-0.2, 0) is 4.79 Å². The number of nitrogens with one attached hydrogen (secondary N) is 2. The number of amides is 1. The predicted molar refractivity (Wildman–Crippen MR) is 109 cm³/mol. The highest BCUT2D eigenvalue weighted by molar-refractivity contribution is 5.87. The third-order valence-electron chi connectivity index (χ3n) is 4.64. The largest absolute Gasteiger partial charge is 0.493 e. The van der Waals surface area contributed by atoms with Crippen LogP contribution in [0.2, 0.25) is 0 Å². The molecule has 2 heterocycles. The molecular formula is C21H19FN4O5. The summed E-state index contributed by atoms with van der Waals surface area (Å²) < 4.78 is 31.7. The van der Waals surface area contributed by atoms with Gasteiger partial charge in [-0.25, -0.2) is 19.8 Å². The van der Waals surface area contributed by atoms with Gasteiger partial charge in [-0.2, -0.15) is 0 Å². The molecule has 0 aliphatic heterocycles. The highest BCUT2D eigenvalue weighted by Crippen LogP contribution is 2.37. The summed E-state index contributed by atoms with van der Waals surface area (Å²) in [5, 5.41) is 9.48. The van der Waals surface area contributed by atoms with Crippen LogP contribution in [0.3, 0.4) is 0 Å². The number of methoxy groups -OCH3 is 1. The Kier molecular flexibility index (Phi) is 5.54. The van der Waals surface area contributed by atoms with Gasteiger partial charge in [0.05, 0.1) is 31.0 Å². The van der Waals surface area contributed by atoms with Gasteiger partial charge in [0.1, 0.15) is 6.33 Å². The first-order chi connectivity index (χ1) is 15.0. The van der Waals surface area contributed by atoms with Crippen molar-refractivity contribution in [1.29, 1.82) is 0 Å². The number of nitrogens with zero attached hydrogens (tertiary/aromatic N) is 2. The third kappa shape index (κ3) is 4.05. The van der Waals surface area contributed by atoms with Gasteiger partial charge in [-0.05, 0) is 31.2 Å². The molecule has 31 heavy (non-hydrogen) atoms. The number of carbonyl (C=O) groups is 1. The summed E-state index contributed by atoms with van der Waals surface area (Å²) in [5.74, 6) is -0.188. The zero-order valence-electron chi connectivity index (χ0n) is 16.7. The van der Waals surface area contributed by atoms with E-state index in [4.69, 9.17) is 19.4 Å². The number of halogens is 1. The van der Waals surface area contributed by atoms with Crippen LogP contribution in [0.25, 0.3) is 21.8 Å². The Balaban J connectivity index is 1.67. The minimum absolute atomic E-state index is 0.0179. The van der Waals surface area contributed by atoms with Crippen molar-refractivity contribution in [3.8, 4) is 23.1 Å². The second-order valence-corrected chi connectivity index (χ2v) is 6.73. The maximum absolute atomic E-state index is 14.9. The summed E-state index contributed by atoms with van der Waals surface area (Å²) in [4.78, 5) is 22.6. The van der Waals surface area contributed by atoms with E-state index in [0.717, 1.165) is 5.69 Å². The average molecular weight is 426 g/mol. The maximum atomic E-state index is 14.9. The number of aromatic nitrogens is 3. The molecule has 3 N–H and O–H groups in total. The number of hydrogen-bond acceptors (Lipinski definition) is 7. The van der Waals surface area contributed by atoms with Gasteiger partial charge in [0.15, 0.2) is 23.1 Å². The fourth-order valence-corrected chi connectivity index (χ4v) is 3.17. The Morgan fingerprint density at radius 2 is 2.00 bits per heavy atom. The van der Waals surface area contributed by atoms with Crippen molar-refractivity contribution in [1.82, 2.24) is 20.4 Å². The van der Waals surface area contributed by atoms with Crippen molar-refractivity contribution in [3.05, 3.63) is 48.2 Å². The number of ether oxygens (including phenoxy) is 3. The van der Waals surface area contributed by atoms with Gasteiger partial charge >= 0.3 is 0 Å². The van der Waals surface area contributed by atoms with Crippen LogP contribution in [0.5, 0.6) is 23.1 Å². The monoisotopic (exact) mass is 426 g/mol. The van der Waals surface area contributed by atoms with Crippen molar-refractivity contribution in [2.75, 3.05) is 13.7 Å². The zero-order chi connectivity index (χ0) is 22.0. The molecule has 2 aromatic carbocycles. The summed E-state index contributed by atoms with van der Waals surface area (Å²) >= 11 is 0. The Morgan fingerprint density at radius 3 is 2.77 bits per heavy atom. The van der Waals surface area contributed by atoms with Crippen LogP contribution in [0, 0.1) is 12.7 Å². The average Bonchev–Trinajstić information content (AvgIpc) is 3.16. The fraction of sp³-hybridized carbons (Fsp3) is 0.190. The molecule has 4 aromatic rings. The highest BCUT2D eigenvalue weighted by atomic mass is 19.1. The number of H-pyrrole nitrogens is 1. The van der Waals surface area contributed by atoms with Gasteiger partial charge in [-0.15, -0.1) is 0 Å². The smallest absolute Gasteiger partial charge is 0.246 e. The van der Waals surface area contributed by atoms with Gasteiger partial charge in [0.2, 0.25) is 11.8 Å². The summed E-state index contributed by atoms with van der Waals surface area (Å²) in [7, 11) is 1.46. The van der Waals surface area contributed by atoms with Crippen molar-refractivity contribution >= 4 is 27.7 Å². The van der Waals surface area contributed by atoms with Crippen LogP contribution in [-0.4, -0.2) is 39.8 Å². The molecule has 0 aliphatic carbocycles. The number of hydroxylamine groups is 1. The van der Waals surface area contributed by atoms with Crippen molar-refractivity contribution in [2.45, 2.75) is 13.3 Å². The van der Waals surface area contributed by atoms with Crippen LogP contribution < -0.4 is 19.7 Å². The summed E-state index contributed by atoms with van der Waals surface area (Å²) in [6.45, 7) is 1.87. The van der Waals surface area contributed by atoms with Crippen molar-refractivity contribution in [3.63, 3.8) is 0 Å². The number of aromatic amines is 1. The molecule has 9 nitrogen and oxygen atoms in total. The summed E-state index contributed by atoms with van der Waals surface area (Å²) in [6.07, 6.45) is 1.25. The maximum Gasteiger partial charge on any atom is 0.246 e. The molecule has 0 radical (unpaired) electrons. The lowest BCUT2D eigenvalue weighted by Gasteiger charge is -2.13. The number of fused-ring (bicyclic) bond motifs is 2. The number of hydrogen-bond donors (Lipinski definition) is 3. The molecule has 2 aromatic heterocycles. The number of carbonyl (C=O) groups excluding carboxylic acids is 1. The standard InChI is InChI=1S/C21H19FN4O5/c1-11-7-12-14(25-11)3-4-16(20(12)22)31-21-13-8-17(29-2)18(9-15(13)23-10-24-21)30-6-5-19(27)26-28/h3-4,7-10,25,28H,5-6H2,1-2H3,(H,26,27). The second-order valence-electron chi connectivity index (χ2n) is 6.73. The molecule has 0 bridgehead atoms. The van der Waals surface area contributed by atoms with E-state index >= 15 is 0 Å². The summed E-state index contributed by atoms with van der Waals surface area (Å²) in [6, 6.07) is 8.19. The van der Waals surface area contributed by atoms with E-state index in [1.807, 2.05) is 6.92 Å². The second kappa shape index (κ2) is 8.44. The SMILES string of the molecule is COc1cc2c(Oc3ccc4[nH]c(C)cc4c3F)ncnc2cc1OCCC(=O)NO. The van der Waals surface area contributed by atoms with Crippen LogP contribution in [0.4, 0.5) is 4.39 Å². The van der Waals surface area contributed by atoms with Crippen LogP contribution in [0.15, 0.2) is 36.7 Å². The Morgan fingerprint density at radius 1 is 1.16 bits per heavy atom. The van der Waals surface area contributed by atoms with Crippen molar-refractivity contribution < 1.29 is 28.6 Å². The molecule has 0 fully saturated rings. The molecule has 10 heteroatoms. The van der Waals surface area contributed by atoms with E-state index in [1.165, 1.54) is 25.0 Å². The molecule has 160 valence electrons. The molecule has 4 rings (SSSR count). The van der Waals surface area contributed by atoms with E-state index in [0.29, 0.717) is 33.3 Å². The first-order valence-electron chi connectivity index (χ1n) is 9.34. The topological polar surface area (TPSA) is 119 Å². The van der Waals surface area contributed by atoms with E-state index in [2.05, 4.69) is 15.0 Å². The molecule has 0 saturated carbocycles. The van der Waals surface area contributed by atoms with Gasteiger partial charge in [-0.3, -0.25) is 10.0 Å². The van der Waals surface area contributed by atoms with E-state index < -0.39 is 11.7 Å². The molecule has 0 atom stereocenters. The minimum atomic E-state index is -0.575. The highest BCUT2D eigenvalue weighted by Gasteiger charge is 2.16. The van der Waals surface area contributed by atoms with Crippen LogP contribution in [0.1, 0.15) is 12.1 Å². The Labute approximate surface area is 175 Å². The number of benzene rings is 2. The van der Waals surface area contributed by atoms with Gasteiger partial charge < -0.3 is 19.2 Å². The molecule has 0 unspecified atom stereocenters. The molecule has 0 aliphatic rings. The lowest BCUT2D eigenvalue weighted by atomic mass is 10.2. The van der Waals surface area contributed by atoms with E-state index in [9.17, 15) is 9.18 Å². The third-order valence-corrected chi connectivity index (χ3v) is 4.64. The number of rotatable bonds is 7. The van der Waals surface area contributed by atoms with Crippen LogP contribution >= 0.6 is 0 Å². The first kappa shape index (κ1) is 20.4. The molecular weight excluding hydrogens is 407 g/mol. The lowest BCUT2D eigenvalue weighted by Crippen LogP contribution is -2.20. The minimum Gasteiger partial charge on any atom is -0.493 e. The molecule has 0 spiro atoms. The molecule has 1 amide bonds. The predicted octanol–water partition coefficient (Wildman–Crippen LogP) is 3.63. The Hall–Kier alpha value is -3.92. The Bertz CT molecular complexity index is 1270. The fourth-order valence-electron chi connectivity index (χ4n) is 3.17. The normalized spacial score (nSPS) is 11.0. The molecule has 0 saturated heterocycles. The van der Waals surface area contributed by atoms with Gasteiger partial charge in [0, 0.05) is 22.7 Å². The summed E-state index contributed by atoms with van der Waals surface area (Å²) in [5.41, 5.74) is 3.53.